The first-order valence-electron chi connectivity index (χ1n) is 5.90. The van der Waals surface area contributed by atoms with Crippen LogP contribution in [0, 0.1) is 6.92 Å². The van der Waals surface area contributed by atoms with Crippen LogP contribution in [0.25, 0.3) is 0 Å². The van der Waals surface area contributed by atoms with Crippen LogP contribution in [-0.2, 0) is 0 Å². The highest BCUT2D eigenvalue weighted by molar-refractivity contribution is 7.80. The van der Waals surface area contributed by atoms with Crippen molar-refractivity contribution in [3.8, 4) is 5.75 Å². The van der Waals surface area contributed by atoms with Gasteiger partial charge in [0.15, 0.2) is 16.7 Å². The fourth-order valence-electron chi connectivity index (χ4n) is 1.63. The summed E-state index contributed by atoms with van der Waals surface area (Å²) in [5, 5.41) is 14.8. The number of anilines is 1. The molecule has 1 amide bonds. The molecule has 2 rings (SSSR count). The van der Waals surface area contributed by atoms with Crippen LogP contribution in [0.4, 0.5) is 5.82 Å². The molecule has 1 aromatic carbocycles. The smallest absolute Gasteiger partial charge is 0.257 e. The summed E-state index contributed by atoms with van der Waals surface area (Å²) < 4.78 is 0. The molecule has 1 aromatic heterocycles. The number of benzene rings is 1. The molecule has 0 spiro atoms. The third-order valence-electron chi connectivity index (χ3n) is 2.64. The van der Waals surface area contributed by atoms with E-state index in [0.29, 0.717) is 5.56 Å². The summed E-state index contributed by atoms with van der Waals surface area (Å²) in [7, 11) is 0. The van der Waals surface area contributed by atoms with Gasteiger partial charge in [-0.1, -0.05) is 18.2 Å². The Kier molecular flexibility index (Phi) is 4.27. The van der Waals surface area contributed by atoms with E-state index in [-0.39, 0.29) is 22.6 Å². The molecule has 6 heteroatoms. The molecular formula is C14H13N3O2S. The molecule has 2 aromatic rings. The quantitative estimate of drug-likeness (QED) is 0.739. The van der Waals surface area contributed by atoms with Crippen molar-refractivity contribution in [3.63, 3.8) is 0 Å². The molecule has 20 heavy (non-hydrogen) atoms. The van der Waals surface area contributed by atoms with Crippen LogP contribution in [0.2, 0.25) is 0 Å². The molecule has 0 saturated carbocycles. The maximum atomic E-state index is 12.0. The number of carbonyl (C=O) groups is 1. The summed E-state index contributed by atoms with van der Waals surface area (Å²) in [6.45, 7) is 1.84. The van der Waals surface area contributed by atoms with Gasteiger partial charge in [-0.15, -0.1) is 0 Å². The number of hydrogen-bond donors (Lipinski definition) is 3. The van der Waals surface area contributed by atoms with Gasteiger partial charge in [-0.3, -0.25) is 10.1 Å². The van der Waals surface area contributed by atoms with Crippen LogP contribution in [0.5, 0.6) is 5.75 Å². The Morgan fingerprint density at radius 2 is 2.00 bits per heavy atom. The summed E-state index contributed by atoms with van der Waals surface area (Å²) in [5.41, 5.74) is 1.40. The minimum absolute atomic E-state index is 0.0417. The molecule has 0 saturated heterocycles. The van der Waals surface area contributed by atoms with Crippen molar-refractivity contribution in [1.29, 1.82) is 0 Å². The first kappa shape index (κ1) is 14.0. The van der Waals surface area contributed by atoms with Crippen LogP contribution in [0.3, 0.4) is 0 Å². The summed E-state index contributed by atoms with van der Waals surface area (Å²) >= 11 is 5.02. The average Bonchev–Trinajstić information content (AvgIpc) is 2.41. The van der Waals surface area contributed by atoms with Crippen molar-refractivity contribution in [2.45, 2.75) is 6.92 Å². The van der Waals surface area contributed by atoms with Crippen LogP contribution in [0.15, 0.2) is 42.6 Å². The van der Waals surface area contributed by atoms with Crippen LogP contribution >= 0.6 is 12.2 Å². The highest BCUT2D eigenvalue weighted by Gasteiger charge is 2.11. The van der Waals surface area contributed by atoms with Gasteiger partial charge in [0, 0.05) is 11.8 Å². The van der Waals surface area contributed by atoms with Crippen LogP contribution < -0.4 is 10.6 Å². The van der Waals surface area contributed by atoms with Gasteiger partial charge in [0.25, 0.3) is 5.91 Å². The lowest BCUT2D eigenvalue weighted by molar-refractivity contribution is 0.0977. The van der Waals surface area contributed by atoms with E-state index in [1.165, 1.54) is 12.3 Å². The predicted octanol–water partition coefficient (Wildman–Crippen LogP) is 2.22. The maximum absolute atomic E-state index is 12.0. The summed E-state index contributed by atoms with van der Waals surface area (Å²) in [5.74, 6) is -0.154. The monoisotopic (exact) mass is 287 g/mol. The number of nitrogens with one attached hydrogen (secondary N) is 2. The number of rotatable bonds is 2. The Morgan fingerprint density at radius 3 is 2.70 bits per heavy atom. The van der Waals surface area contributed by atoms with Gasteiger partial charge >= 0.3 is 0 Å². The van der Waals surface area contributed by atoms with E-state index < -0.39 is 0 Å². The number of amides is 1. The van der Waals surface area contributed by atoms with E-state index in [1.54, 1.807) is 18.2 Å². The van der Waals surface area contributed by atoms with E-state index in [1.807, 2.05) is 19.1 Å². The van der Waals surface area contributed by atoms with E-state index in [4.69, 9.17) is 12.2 Å². The third-order valence-corrected chi connectivity index (χ3v) is 2.84. The average molecular weight is 287 g/mol. The molecule has 0 fully saturated rings. The Hall–Kier alpha value is -2.47. The van der Waals surface area contributed by atoms with Crippen molar-refractivity contribution in [2.24, 2.45) is 0 Å². The van der Waals surface area contributed by atoms with E-state index in [9.17, 15) is 9.90 Å². The zero-order chi connectivity index (χ0) is 14.5. The Labute approximate surface area is 121 Å². The molecule has 0 aliphatic rings. The molecular weight excluding hydrogens is 274 g/mol. The second-order valence-corrected chi connectivity index (χ2v) is 4.50. The number of hydrogen-bond acceptors (Lipinski definition) is 4. The summed E-state index contributed by atoms with van der Waals surface area (Å²) in [4.78, 5) is 15.9. The Balaban J connectivity index is 2.04. The molecule has 0 aliphatic heterocycles. The topological polar surface area (TPSA) is 74.2 Å². The summed E-state index contributed by atoms with van der Waals surface area (Å²) in [6.07, 6.45) is 1.51. The first-order chi connectivity index (χ1) is 9.58. The maximum Gasteiger partial charge on any atom is 0.257 e. The SMILES string of the molecule is Cc1ccccc1C(=O)NC(=S)Nc1ncccc1O. The first-order valence-corrected chi connectivity index (χ1v) is 6.30. The molecule has 5 nitrogen and oxygen atoms in total. The number of aromatic hydroxyl groups is 1. The number of aromatic nitrogens is 1. The van der Waals surface area contributed by atoms with Gasteiger partial charge in [0.1, 0.15) is 0 Å². The van der Waals surface area contributed by atoms with Crippen molar-refractivity contribution < 1.29 is 9.90 Å². The molecule has 0 bridgehead atoms. The highest BCUT2D eigenvalue weighted by Crippen LogP contribution is 2.17. The van der Waals surface area contributed by atoms with Gasteiger partial charge in [-0.05, 0) is 42.9 Å². The van der Waals surface area contributed by atoms with Crippen molar-refractivity contribution in [2.75, 3.05) is 5.32 Å². The predicted molar refractivity (Wildman–Crippen MR) is 80.8 cm³/mol. The van der Waals surface area contributed by atoms with Gasteiger partial charge in [-0.2, -0.15) is 0 Å². The second kappa shape index (κ2) is 6.12. The fraction of sp³-hybridized carbons (Fsp3) is 0.0714. The number of pyridine rings is 1. The molecule has 1 heterocycles. The van der Waals surface area contributed by atoms with Gasteiger partial charge in [0.05, 0.1) is 0 Å². The molecule has 0 unspecified atom stereocenters. The molecule has 0 radical (unpaired) electrons. The zero-order valence-electron chi connectivity index (χ0n) is 10.8. The number of carbonyl (C=O) groups excluding carboxylic acids is 1. The molecule has 0 atom stereocenters. The number of thiocarbonyl (C=S) groups is 1. The highest BCUT2D eigenvalue weighted by atomic mass is 32.1. The fourth-order valence-corrected chi connectivity index (χ4v) is 1.82. The third kappa shape index (κ3) is 3.30. The van der Waals surface area contributed by atoms with E-state index in [0.717, 1.165) is 5.56 Å². The molecule has 0 aliphatic carbocycles. The van der Waals surface area contributed by atoms with E-state index in [2.05, 4.69) is 15.6 Å². The van der Waals surface area contributed by atoms with Crippen molar-refractivity contribution in [1.82, 2.24) is 10.3 Å². The lowest BCUT2D eigenvalue weighted by atomic mass is 10.1. The van der Waals surface area contributed by atoms with Crippen LogP contribution in [-0.4, -0.2) is 21.1 Å². The largest absolute Gasteiger partial charge is 0.504 e. The minimum atomic E-state index is -0.309. The van der Waals surface area contributed by atoms with Gasteiger partial charge in [0.2, 0.25) is 0 Å². The van der Waals surface area contributed by atoms with E-state index >= 15 is 0 Å². The molecule has 3 N–H and O–H groups in total. The lowest BCUT2D eigenvalue weighted by Gasteiger charge is -2.10. The number of aryl methyl sites for hydroxylation is 1. The Morgan fingerprint density at radius 1 is 1.25 bits per heavy atom. The Bertz CT molecular complexity index is 658. The zero-order valence-corrected chi connectivity index (χ0v) is 11.6. The van der Waals surface area contributed by atoms with Crippen molar-refractivity contribution in [3.05, 3.63) is 53.7 Å². The normalized spacial score (nSPS) is 9.85. The van der Waals surface area contributed by atoms with Gasteiger partial charge < -0.3 is 10.4 Å². The summed E-state index contributed by atoms with van der Waals surface area (Å²) in [6, 6.07) is 10.3. The minimum Gasteiger partial charge on any atom is -0.504 e. The second-order valence-electron chi connectivity index (χ2n) is 4.09. The van der Waals surface area contributed by atoms with Gasteiger partial charge in [-0.25, -0.2) is 4.98 Å². The molecule has 102 valence electrons. The van der Waals surface area contributed by atoms with Crippen molar-refractivity contribution >= 4 is 29.1 Å². The van der Waals surface area contributed by atoms with Crippen LogP contribution in [0.1, 0.15) is 15.9 Å². The lowest BCUT2D eigenvalue weighted by Crippen LogP contribution is -2.34. The number of nitrogens with zero attached hydrogens (tertiary/aromatic N) is 1. The standard InChI is InChI=1S/C14H13N3O2S/c1-9-5-2-3-6-10(9)13(19)17-14(20)16-12-11(18)7-4-8-15-12/h2-8,18H,1H3,(H2,15,16,17,19,20).